The quantitative estimate of drug-likeness (QED) is 0.427. The fourth-order valence-corrected chi connectivity index (χ4v) is 1.16. The number of nitrogens with one attached hydrogen (secondary N) is 1. The maximum Gasteiger partial charge on any atom is 0.176 e. The Kier molecular flexibility index (Phi) is 3.65. The normalized spacial score (nSPS) is 8.92. The molecule has 0 bridgehead atoms. The minimum Gasteiger partial charge on any atom is -0.496 e. The Hall–Kier alpha value is -1.69. The molecule has 0 radical (unpaired) electrons. The van der Waals surface area contributed by atoms with Gasteiger partial charge in [-0.2, -0.15) is 5.26 Å². The summed E-state index contributed by atoms with van der Waals surface area (Å²) in [7, 11) is 1.65. The molecule has 1 N–H and O–H groups in total. The van der Waals surface area contributed by atoms with Crippen LogP contribution in [0.2, 0.25) is 0 Å². The lowest BCUT2D eigenvalue weighted by molar-refractivity contribution is 0.409. The molecule has 0 aliphatic heterocycles. The third-order valence-electron chi connectivity index (χ3n) is 1.79. The Labute approximate surface area is 77.9 Å². The van der Waals surface area contributed by atoms with Gasteiger partial charge < -0.3 is 10.1 Å². The standard InChI is InChI=1S/C10H12N2O/c1-13-10-5-3-2-4-9(10)6-7-12-8-11/h2-5,12H,6-7H2,1H3. The number of nitriles is 1. The molecule has 3 nitrogen and oxygen atoms in total. The van der Waals surface area contributed by atoms with E-state index in [1.54, 1.807) is 7.11 Å². The Morgan fingerprint density at radius 2 is 2.23 bits per heavy atom. The van der Waals surface area contributed by atoms with Crippen LogP contribution in [0.1, 0.15) is 5.56 Å². The number of nitrogens with zero attached hydrogens (tertiary/aromatic N) is 1. The van der Waals surface area contributed by atoms with E-state index in [2.05, 4.69) is 5.32 Å². The van der Waals surface area contributed by atoms with E-state index in [4.69, 9.17) is 10.00 Å². The summed E-state index contributed by atoms with van der Waals surface area (Å²) in [5.74, 6) is 0.877. The molecule has 0 spiro atoms. The number of methoxy groups -OCH3 is 1. The molecule has 0 aliphatic carbocycles. The van der Waals surface area contributed by atoms with E-state index in [-0.39, 0.29) is 0 Å². The minimum absolute atomic E-state index is 0.650. The molecule has 0 aromatic heterocycles. The SMILES string of the molecule is COc1ccccc1CCNC#N. The molecule has 0 atom stereocenters. The smallest absolute Gasteiger partial charge is 0.176 e. The van der Waals surface area contributed by atoms with Gasteiger partial charge in [-0.25, -0.2) is 0 Å². The van der Waals surface area contributed by atoms with Crippen molar-refractivity contribution in [2.45, 2.75) is 6.42 Å². The van der Waals surface area contributed by atoms with Crippen LogP contribution in [-0.4, -0.2) is 13.7 Å². The molecule has 0 fully saturated rings. The molecular weight excluding hydrogens is 164 g/mol. The Balaban J connectivity index is 2.60. The van der Waals surface area contributed by atoms with Crippen molar-refractivity contribution in [3.05, 3.63) is 29.8 Å². The molecule has 1 aromatic carbocycles. The molecule has 3 heteroatoms. The van der Waals surface area contributed by atoms with Crippen LogP contribution < -0.4 is 10.1 Å². The van der Waals surface area contributed by atoms with Gasteiger partial charge >= 0.3 is 0 Å². The number of hydrogen-bond acceptors (Lipinski definition) is 3. The molecule has 0 saturated carbocycles. The summed E-state index contributed by atoms with van der Waals surface area (Å²) >= 11 is 0. The third-order valence-corrected chi connectivity index (χ3v) is 1.79. The van der Waals surface area contributed by atoms with Gasteiger partial charge in [-0.05, 0) is 18.1 Å². The second-order valence-corrected chi connectivity index (χ2v) is 2.60. The van der Waals surface area contributed by atoms with E-state index in [0.717, 1.165) is 17.7 Å². The van der Waals surface area contributed by atoms with E-state index in [9.17, 15) is 0 Å². The minimum atomic E-state index is 0.650. The van der Waals surface area contributed by atoms with Crippen molar-refractivity contribution in [1.82, 2.24) is 5.32 Å². The molecule has 0 aliphatic rings. The first-order chi connectivity index (χ1) is 6.38. The van der Waals surface area contributed by atoms with Gasteiger partial charge in [-0.3, -0.25) is 0 Å². The highest BCUT2D eigenvalue weighted by molar-refractivity contribution is 5.33. The van der Waals surface area contributed by atoms with E-state index < -0.39 is 0 Å². The maximum absolute atomic E-state index is 8.28. The number of para-hydroxylation sites is 1. The molecule has 0 amide bonds. The van der Waals surface area contributed by atoms with Crippen molar-refractivity contribution < 1.29 is 4.74 Å². The molecule has 1 aromatic rings. The van der Waals surface area contributed by atoms with Crippen LogP contribution in [-0.2, 0) is 6.42 Å². The molecule has 0 unspecified atom stereocenters. The average Bonchev–Trinajstić information content (AvgIpc) is 2.19. The van der Waals surface area contributed by atoms with E-state index in [1.165, 1.54) is 0 Å². The Morgan fingerprint density at radius 1 is 1.46 bits per heavy atom. The highest BCUT2D eigenvalue weighted by Gasteiger charge is 1.99. The van der Waals surface area contributed by atoms with Gasteiger partial charge in [0.15, 0.2) is 6.19 Å². The van der Waals surface area contributed by atoms with Crippen LogP contribution in [0.5, 0.6) is 5.75 Å². The molecule has 68 valence electrons. The lowest BCUT2D eigenvalue weighted by atomic mass is 10.1. The van der Waals surface area contributed by atoms with Crippen molar-refractivity contribution in [3.63, 3.8) is 0 Å². The number of rotatable bonds is 4. The summed E-state index contributed by atoms with van der Waals surface area (Å²) in [6, 6.07) is 7.81. The van der Waals surface area contributed by atoms with Gasteiger partial charge in [0.2, 0.25) is 0 Å². The molecule has 0 saturated heterocycles. The van der Waals surface area contributed by atoms with Gasteiger partial charge in [0.1, 0.15) is 5.75 Å². The molecule has 0 heterocycles. The van der Waals surface area contributed by atoms with E-state index >= 15 is 0 Å². The summed E-state index contributed by atoms with van der Waals surface area (Å²) in [5.41, 5.74) is 1.12. The lowest BCUT2D eigenvalue weighted by Crippen LogP contribution is -2.10. The number of ether oxygens (including phenoxy) is 1. The Bertz CT molecular complexity index is 304. The number of hydrogen-bond donors (Lipinski definition) is 1. The summed E-state index contributed by atoms with van der Waals surface area (Å²) < 4.78 is 5.17. The van der Waals surface area contributed by atoms with Crippen molar-refractivity contribution >= 4 is 0 Å². The molecule has 13 heavy (non-hydrogen) atoms. The summed E-state index contributed by atoms with van der Waals surface area (Å²) in [4.78, 5) is 0. The Morgan fingerprint density at radius 3 is 2.92 bits per heavy atom. The predicted molar refractivity (Wildman–Crippen MR) is 50.3 cm³/mol. The fourth-order valence-electron chi connectivity index (χ4n) is 1.16. The van der Waals surface area contributed by atoms with Crippen molar-refractivity contribution in [2.24, 2.45) is 0 Å². The van der Waals surface area contributed by atoms with E-state index in [0.29, 0.717) is 6.54 Å². The van der Waals surface area contributed by atoms with Crippen LogP contribution in [0.15, 0.2) is 24.3 Å². The van der Waals surface area contributed by atoms with Gasteiger partial charge in [-0.1, -0.05) is 18.2 Å². The van der Waals surface area contributed by atoms with Crippen LogP contribution in [0.25, 0.3) is 0 Å². The van der Waals surface area contributed by atoms with Crippen molar-refractivity contribution in [3.8, 4) is 11.9 Å². The molecular formula is C10H12N2O. The predicted octanol–water partition coefficient (Wildman–Crippen LogP) is 1.31. The van der Waals surface area contributed by atoms with Crippen LogP contribution in [0, 0.1) is 11.5 Å². The van der Waals surface area contributed by atoms with Gasteiger partial charge in [0.25, 0.3) is 0 Å². The molecule has 1 rings (SSSR count). The highest BCUT2D eigenvalue weighted by Crippen LogP contribution is 2.16. The topological polar surface area (TPSA) is 45.0 Å². The van der Waals surface area contributed by atoms with Crippen molar-refractivity contribution in [2.75, 3.05) is 13.7 Å². The van der Waals surface area contributed by atoms with Crippen LogP contribution >= 0.6 is 0 Å². The van der Waals surface area contributed by atoms with Gasteiger partial charge in [0.05, 0.1) is 7.11 Å². The zero-order chi connectivity index (χ0) is 9.52. The first-order valence-electron chi connectivity index (χ1n) is 4.12. The highest BCUT2D eigenvalue weighted by atomic mass is 16.5. The van der Waals surface area contributed by atoms with Crippen LogP contribution in [0.3, 0.4) is 0 Å². The van der Waals surface area contributed by atoms with E-state index in [1.807, 2.05) is 30.5 Å². The first kappa shape index (κ1) is 9.40. The summed E-state index contributed by atoms with van der Waals surface area (Å²) in [6.45, 7) is 0.650. The zero-order valence-corrected chi connectivity index (χ0v) is 7.58. The second-order valence-electron chi connectivity index (χ2n) is 2.60. The average molecular weight is 176 g/mol. The number of benzene rings is 1. The monoisotopic (exact) mass is 176 g/mol. The first-order valence-corrected chi connectivity index (χ1v) is 4.12. The summed E-state index contributed by atoms with van der Waals surface area (Å²) in [5, 5.41) is 10.9. The third kappa shape index (κ3) is 2.68. The largest absolute Gasteiger partial charge is 0.496 e. The second kappa shape index (κ2) is 5.04. The summed E-state index contributed by atoms with van der Waals surface area (Å²) in [6.07, 6.45) is 2.69. The van der Waals surface area contributed by atoms with Crippen molar-refractivity contribution in [1.29, 1.82) is 5.26 Å². The zero-order valence-electron chi connectivity index (χ0n) is 7.58. The maximum atomic E-state index is 8.28. The van der Waals surface area contributed by atoms with Gasteiger partial charge in [-0.15, -0.1) is 0 Å². The van der Waals surface area contributed by atoms with Gasteiger partial charge in [0, 0.05) is 6.54 Å². The fraction of sp³-hybridized carbons (Fsp3) is 0.300. The van der Waals surface area contributed by atoms with Crippen LogP contribution in [0.4, 0.5) is 0 Å². The lowest BCUT2D eigenvalue weighted by Gasteiger charge is -2.06.